The Morgan fingerprint density at radius 2 is 1.74 bits per heavy atom. The molecular weight excluding hydrogens is 338 g/mol. The van der Waals surface area contributed by atoms with Crippen LogP contribution in [0.4, 0.5) is 0 Å². The molecule has 0 aliphatic carbocycles. The molecule has 6 heteroatoms. The zero-order valence-electron chi connectivity index (χ0n) is 15.4. The monoisotopic (exact) mass is 361 g/mol. The first-order valence-corrected chi connectivity index (χ1v) is 9.31. The van der Waals surface area contributed by atoms with Crippen LogP contribution in [0, 0.1) is 6.92 Å². The molecule has 0 radical (unpaired) electrons. The quantitative estimate of drug-likeness (QED) is 0.514. The summed E-state index contributed by atoms with van der Waals surface area (Å²) in [5.74, 6) is 1.08. The predicted molar refractivity (Wildman–Crippen MR) is 106 cm³/mol. The van der Waals surface area contributed by atoms with Crippen LogP contribution >= 0.6 is 0 Å². The SMILES string of the molecule is Cc1nc2ccccc2n1CCCNC(=O)CCn1cnc2ccccc21. The average molecular weight is 361 g/mol. The van der Waals surface area contributed by atoms with Crippen LogP contribution in [0.2, 0.25) is 0 Å². The molecule has 1 N–H and O–H groups in total. The van der Waals surface area contributed by atoms with Crippen LogP contribution in [-0.4, -0.2) is 31.6 Å². The predicted octanol–water partition coefficient (Wildman–Crippen LogP) is 3.29. The van der Waals surface area contributed by atoms with Crippen molar-refractivity contribution < 1.29 is 4.79 Å². The van der Waals surface area contributed by atoms with Crippen molar-refractivity contribution in [3.63, 3.8) is 0 Å². The Morgan fingerprint density at radius 1 is 1.00 bits per heavy atom. The number of benzene rings is 2. The fourth-order valence-corrected chi connectivity index (χ4v) is 3.44. The number of aromatic nitrogens is 4. The third kappa shape index (κ3) is 3.69. The molecule has 6 nitrogen and oxygen atoms in total. The standard InChI is InChI=1S/C21H23N5O/c1-16-24-18-8-3-5-10-20(18)26(16)13-6-12-22-21(27)11-14-25-15-23-17-7-2-4-9-19(17)25/h2-5,7-10,15H,6,11-14H2,1H3,(H,22,27). The Balaban J connectivity index is 1.25. The maximum atomic E-state index is 12.2. The highest BCUT2D eigenvalue weighted by atomic mass is 16.1. The lowest BCUT2D eigenvalue weighted by Crippen LogP contribution is -2.26. The first-order chi connectivity index (χ1) is 13.2. The zero-order valence-corrected chi connectivity index (χ0v) is 15.4. The van der Waals surface area contributed by atoms with Crippen molar-refractivity contribution in [3.05, 3.63) is 60.7 Å². The average Bonchev–Trinajstić information content (AvgIpc) is 3.24. The summed E-state index contributed by atoms with van der Waals surface area (Å²) in [6.07, 6.45) is 3.12. The second-order valence-corrected chi connectivity index (χ2v) is 6.68. The molecule has 0 fully saturated rings. The van der Waals surface area contributed by atoms with Crippen molar-refractivity contribution >= 4 is 28.0 Å². The molecule has 0 saturated carbocycles. The number of nitrogens with zero attached hydrogens (tertiary/aromatic N) is 4. The Kier molecular flexibility index (Phi) is 4.87. The number of para-hydroxylation sites is 4. The maximum Gasteiger partial charge on any atom is 0.221 e. The van der Waals surface area contributed by atoms with Crippen LogP contribution in [0.3, 0.4) is 0 Å². The summed E-state index contributed by atoms with van der Waals surface area (Å²) in [6.45, 7) is 4.17. The van der Waals surface area contributed by atoms with E-state index in [0.29, 0.717) is 19.5 Å². The molecule has 0 saturated heterocycles. The van der Waals surface area contributed by atoms with Crippen LogP contribution in [0.25, 0.3) is 22.1 Å². The number of aryl methyl sites for hydroxylation is 3. The highest BCUT2D eigenvalue weighted by molar-refractivity contribution is 5.77. The number of nitrogens with one attached hydrogen (secondary N) is 1. The summed E-state index contributed by atoms with van der Waals surface area (Å²) in [7, 11) is 0. The minimum Gasteiger partial charge on any atom is -0.356 e. The second-order valence-electron chi connectivity index (χ2n) is 6.68. The molecule has 4 rings (SSSR count). The lowest BCUT2D eigenvalue weighted by molar-refractivity contribution is -0.121. The molecule has 2 aromatic heterocycles. The Morgan fingerprint density at radius 3 is 2.59 bits per heavy atom. The van der Waals surface area contributed by atoms with E-state index in [1.54, 1.807) is 6.33 Å². The third-order valence-corrected chi connectivity index (χ3v) is 4.83. The highest BCUT2D eigenvalue weighted by Crippen LogP contribution is 2.15. The topological polar surface area (TPSA) is 64.7 Å². The van der Waals surface area contributed by atoms with Gasteiger partial charge in [0.05, 0.1) is 28.4 Å². The smallest absolute Gasteiger partial charge is 0.221 e. The third-order valence-electron chi connectivity index (χ3n) is 4.83. The molecule has 0 spiro atoms. The Hall–Kier alpha value is -3.15. The van der Waals surface area contributed by atoms with Crippen LogP contribution in [0.5, 0.6) is 0 Å². The lowest BCUT2D eigenvalue weighted by atomic mass is 10.3. The molecule has 138 valence electrons. The first-order valence-electron chi connectivity index (χ1n) is 9.31. The lowest BCUT2D eigenvalue weighted by Gasteiger charge is -2.09. The van der Waals surface area contributed by atoms with E-state index in [1.807, 2.05) is 54.0 Å². The van der Waals surface area contributed by atoms with Crippen LogP contribution in [0.15, 0.2) is 54.9 Å². The molecule has 0 aliphatic heterocycles. The summed E-state index contributed by atoms with van der Waals surface area (Å²) < 4.78 is 4.23. The molecule has 0 aliphatic rings. The van der Waals surface area contributed by atoms with E-state index < -0.39 is 0 Å². The van der Waals surface area contributed by atoms with Crippen molar-refractivity contribution in [2.45, 2.75) is 32.9 Å². The minimum absolute atomic E-state index is 0.0694. The van der Waals surface area contributed by atoms with E-state index in [2.05, 4.69) is 25.9 Å². The maximum absolute atomic E-state index is 12.2. The van der Waals surface area contributed by atoms with E-state index >= 15 is 0 Å². The van der Waals surface area contributed by atoms with Crippen molar-refractivity contribution in [1.29, 1.82) is 0 Å². The molecule has 0 unspecified atom stereocenters. The van der Waals surface area contributed by atoms with Gasteiger partial charge in [0.15, 0.2) is 0 Å². The van der Waals surface area contributed by atoms with Gasteiger partial charge in [-0.3, -0.25) is 4.79 Å². The van der Waals surface area contributed by atoms with Crippen LogP contribution in [-0.2, 0) is 17.9 Å². The first kappa shape index (κ1) is 17.3. The number of amides is 1. The molecule has 0 atom stereocenters. The number of carbonyl (C=O) groups is 1. The number of hydrogen-bond acceptors (Lipinski definition) is 3. The van der Waals surface area contributed by atoms with Gasteiger partial charge in [0, 0.05) is 26.1 Å². The fourth-order valence-electron chi connectivity index (χ4n) is 3.44. The molecule has 1 amide bonds. The molecular formula is C21H23N5O. The van der Waals surface area contributed by atoms with E-state index in [1.165, 1.54) is 0 Å². The van der Waals surface area contributed by atoms with E-state index in [-0.39, 0.29) is 5.91 Å². The van der Waals surface area contributed by atoms with E-state index in [0.717, 1.165) is 40.9 Å². The summed E-state index contributed by atoms with van der Waals surface area (Å²) in [6, 6.07) is 16.1. The van der Waals surface area contributed by atoms with Gasteiger partial charge in [0.2, 0.25) is 5.91 Å². The van der Waals surface area contributed by atoms with E-state index in [4.69, 9.17) is 0 Å². The van der Waals surface area contributed by atoms with Gasteiger partial charge >= 0.3 is 0 Å². The Labute approximate surface area is 157 Å². The molecule has 0 bridgehead atoms. The fraction of sp³-hybridized carbons (Fsp3) is 0.286. The summed E-state index contributed by atoms with van der Waals surface area (Å²) in [5, 5.41) is 3.02. The number of fused-ring (bicyclic) bond motifs is 2. The van der Waals surface area contributed by atoms with Gasteiger partial charge in [0.25, 0.3) is 0 Å². The van der Waals surface area contributed by atoms with Crippen LogP contribution in [0.1, 0.15) is 18.7 Å². The van der Waals surface area contributed by atoms with Gasteiger partial charge in [-0.25, -0.2) is 9.97 Å². The second kappa shape index (κ2) is 7.61. The Bertz CT molecular complexity index is 1080. The zero-order chi connectivity index (χ0) is 18.6. The summed E-state index contributed by atoms with van der Waals surface area (Å²) in [4.78, 5) is 21.1. The summed E-state index contributed by atoms with van der Waals surface area (Å²) in [5.41, 5.74) is 4.19. The van der Waals surface area contributed by atoms with Crippen molar-refractivity contribution in [2.75, 3.05) is 6.54 Å². The number of rotatable bonds is 7. The largest absolute Gasteiger partial charge is 0.356 e. The number of carbonyl (C=O) groups excluding carboxylic acids is 1. The molecule has 2 aromatic carbocycles. The van der Waals surface area contributed by atoms with Gasteiger partial charge in [-0.15, -0.1) is 0 Å². The number of imidazole rings is 2. The van der Waals surface area contributed by atoms with Crippen molar-refractivity contribution in [1.82, 2.24) is 24.4 Å². The van der Waals surface area contributed by atoms with E-state index in [9.17, 15) is 4.79 Å². The molecule has 27 heavy (non-hydrogen) atoms. The molecule has 4 aromatic rings. The summed E-state index contributed by atoms with van der Waals surface area (Å²) >= 11 is 0. The van der Waals surface area contributed by atoms with Gasteiger partial charge in [0.1, 0.15) is 5.82 Å². The van der Waals surface area contributed by atoms with Gasteiger partial charge in [-0.05, 0) is 37.6 Å². The van der Waals surface area contributed by atoms with Crippen molar-refractivity contribution in [3.8, 4) is 0 Å². The minimum atomic E-state index is 0.0694. The van der Waals surface area contributed by atoms with Crippen molar-refractivity contribution in [2.24, 2.45) is 0 Å². The van der Waals surface area contributed by atoms with Crippen LogP contribution < -0.4 is 5.32 Å². The van der Waals surface area contributed by atoms with Gasteiger partial charge < -0.3 is 14.5 Å². The normalized spacial score (nSPS) is 11.3. The van der Waals surface area contributed by atoms with Gasteiger partial charge in [-0.1, -0.05) is 24.3 Å². The number of hydrogen-bond donors (Lipinski definition) is 1. The molecule has 2 heterocycles. The van der Waals surface area contributed by atoms with Gasteiger partial charge in [-0.2, -0.15) is 0 Å². The highest BCUT2D eigenvalue weighted by Gasteiger charge is 2.07.